The Morgan fingerprint density at radius 1 is 1.09 bits per heavy atom. The molecule has 0 unspecified atom stereocenters. The summed E-state index contributed by atoms with van der Waals surface area (Å²) < 4.78 is 27.5. The number of carbonyl (C=O) groups excluding carboxylic acids is 3. The average molecular weight is 477 g/mol. The number of benzene rings is 1. The topological polar surface area (TPSA) is 116 Å². The van der Waals surface area contributed by atoms with Crippen LogP contribution >= 0.6 is 0 Å². The van der Waals surface area contributed by atoms with Gasteiger partial charge in [-0.05, 0) is 55.4 Å². The van der Waals surface area contributed by atoms with Crippen LogP contribution in [-0.2, 0) is 19.6 Å². The molecule has 2 heterocycles. The molecule has 1 aromatic carbocycles. The number of anilines is 1. The average Bonchev–Trinajstić information content (AvgIpc) is 3.31. The van der Waals surface area contributed by atoms with Crippen molar-refractivity contribution in [1.82, 2.24) is 14.5 Å². The van der Waals surface area contributed by atoms with Crippen LogP contribution < -0.4 is 10.6 Å². The molecule has 9 nitrogen and oxygen atoms in total. The third-order valence-electron chi connectivity index (χ3n) is 6.88. The second kappa shape index (κ2) is 9.06. The zero-order valence-corrected chi connectivity index (χ0v) is 20.0. The highest BCUT2D eigenvalue weighted by Crippen LogP contribution is 2.35. The quantitative estimate of drug-likeness (QED) is 0.612. The number of hydrogen-bond acceptors (Lipinski definition) is 5. The maximum Gasteiger partial charge on any atom is 0.325 e. The Bertz CT molecular complexity index is 1020. The van der Waals surface area contributed by atoms with E-state index in [4.69, 9.17) is 0 Å². The largest absolute Gasteiger partial charge is 0.326 e. The van der Waals surface area contributed by atoms with Crippen molar-refractivity contribution in [3.8, 4) is 0 Å². The van der Waals surface area contributed by atoms with Crippen LogP contribution in [-0.4, -0.2) is 60.6 Å². The summed E-state index contributed by atoms with van der Waals surface area (Å²) in [6.45, 7) is 5.15. The minimum atomic E-state index is -3.59. The molecule has 2 atom stereocenters. The number of piperidine rings is 1. The Labute approximate surface area is 194 Å². The molecule has 3 aliphatic rings. The van der Waals surface area contributed by atoms with Gasteiger partial charge < -0.3 is 10.6 Å². The Hall–Kier alpha value is -2.46. The summed E-state index contributed by atoms with van der Waals surface area (Å²) in [4.78, 5) is 38.6. The van der Waals surface area contributed by atoms with Crippen LogP contribution in [0.4, 0.5) is 10.5 Å². The molecular formula is C23H32N4O5S. The van der Waals surface area contributed by atoms with Crippen LogP contribution in [0.15, 0.2) is 29.2 Å². The second-order valence-corrected chi connectivity index (χ2v) is 11.7. The van der Waals surface area contributed by atoms with E-state index >= 15 is 0 Å². The molecular weight excluding hydrogens is 444 g/mol. The van der Waals surface area contributed by atoms with E-state index in [-0.39, 0.29) is 29.7 Å². The zero-order valence-electron chi connectivity index (χ0n) is 19.2. The van der Waals surface area contributed by atoms with Crippen molar-refractivity contribution < 1.29 is 22.8 Å². The molecule has 1 aromatic rings. The minimum Gasteiger partial charge on any atom is -0.326 e. The van der Waals surface area contributed by atoms with Gasteiger partial charge in [0.15, 0.2) is 0 Å². The van der Waals surface area contributed by atoms with Crippen LogP contribution in [0.5, 0.6) is 0 Å². The molecule has 0 bridgehead atoms. The summed E-state index contributed by atoms with van der Waals surface area (Å²) in [5.74, 6) is 0.0383. The summed E-state index contributed by atoms with van der Waals surface area (Å²) in [7, 11) is -3.59. The van der Waals surface area contributed by atoms with E-state index < -0.39 is 21.6 Å². The SMILES string of the molecule is C[C@@H]1C[C@H](C)CN(S(=O)(=O)c2ccc(NC(=O)CCN3C(=O)NC4(CCCC4)C3=O)cc2)C1. The first-order chi connectivity index (χ1) is 15.6. The van der Waals surface area contributed by atoms with Gasteiger partial charge in [0.2, 0.25) is 15.9 Å². The summed E-state index contributed by atoms with van der Waals surface area (Å²) in [5, 5.41) is 5.51. The fourth-order valence-electron chi connectivity index (χ4n) is 5.29. The van der Waals surface area contributed by atoms with Crippen molar-refractivity contribution >= 4 is 33.6 Å². The van der Waals surface area contributed by atoms with Gasteiger partial charge in [0, 0.05) is 31.7 Å². The van der Waals surface area contributed by atoms with Gasteiger partial charge in [-0.3, -0.25) is 14.5 Å². The molecule has 0 aromatic heterocycles. The fraction of sp³-hybridized carbons (Fsp3) is 0.609. The molecule has 1 spiro atoms. The van der Waals surface area contributed by atoms with E-state index in [0.29, 0.717) is 43.5 Å². The lowest BCUT2D eigenvalue weighted by Crippen LogP contribution is -2.44. The minimum absolute atomic E-state index is 0.00996. The predicted molar refractivity (Wildman–Crippen MR) is 123 cm³/mol. The van der Waals surface area contributed by atoms with E-state index in [1.165, 1.54) is 16.4 Å². The first-order valence-corrected chi connectivity index (χ1v) is 13.1. The molecule has 180 valence electrons. The number of rotatable bonds is 6. The molecule has 33 heavy (non-hydrogen) atoms. The molecule has 3 fully saturated rings. The third kappa shape index (κ3) is 4.77. The van der Waals surface area contributed by atoms with Crippen LogP contribution in [0.3, 0.4) is 0 Å². The monoisotopic (exact) mass is 476 g/mol. The number of nitrogens with zero attached hydrogens (tertiary/aromatic N) is 2. The zero-order chi connectivity index (χ0) is 23.8. The second-order valence-electron chi connectivity index (χ2n) is 9.77. The predicted octanol–water partition coefficient (Wildman–Crippen LogP) is 2.55. The van der Waals surface area contributed by atoms with Gasteiger partial charge in [0.1, 0.15) is 5.54 Å². The first kappa shape index (κ1) is 23.7. The Morgan fingerprint density at radius 3 is 2.30 bits per heavy atom. The smallest absolute Gasteiger partial charge is 0.325 e. The summed E-state index contributed by atoms with van der Waals surface area (Å²) in [6, 6.07) is 5.67. The summed E-state index contributed by atoms with van der Waals surface area (Å²) in [6.07, 6.45) is 4.08. The fourth-order valence-corrected chi connectivity index (χ4v) is 6.97. The van der Waals surface area contributed by atoms with E-state index in [1.807, 2.05) is 0 Å². The lowest BCUT2D eigenvalue weighted by molar-refractivity contribution is -0.131. The molecule has 2 aliphatic heterocycles. The van der Waals surface area contributed by atoms with Crippen LogP contribution in [0.2, 0.25) is 0 Å². The van der Waals surface area contributed by atoms with Crippen LogP contribution in [0, 0.1) is 11.8 Å². The highest BCUT2D eigenvalue weighted by Gasteiger charge is 2.52. The van der Waals surface area contributed by atoms with Crippen molar-refractivity contribution in [2.45, 2.75) is 62.8 Å². The van der Waals surface area contributed by atoms with Gasteiger partial charge in [-0.2, -0.15) is 4.31 Å². The van der Waals surface area contributed by atoms with Crippen molar-refractivity contribution in [3.05, 3.63) is 24.3 Å². The molecule has 10 heteroatoms. The first-order valence-electron chi connectivity index (χ1n) is 11.6. The molecule has 2 N–H and O–H groups in total. The maximum absolute atomic E-state index is 13.0. The van der Waals surface area contributed by atoms with Gasteiger partial charge in [0.25, 0.3) is 5.91 Å². The number of amides is 4. The van der Waals surface area contributed by atoms with E-state index in [2.05, 4.69) is 24.5 Å². The number of hydrogen-bond donors (Lipinski definition) is 2. The molecule has 1 aliphatic carbocycles. The Balaban J connectivity index is 1.33. The van der Waals surface area contributed by atoms with Crippen molar-refractivity contribution in [2.24, 2.45) is 11.8 Å². The van der Waals surface area contributed by atoms with Gasteiger partial charge >= 0.3 is 6.03 Å². The highest BCUT2D eigenvalue weighted by atomic mass is 32.2. The van der Waals surface area contributed by atoms with Gasteiger partial charge in [-0.1, -0.05) is 26.7 Å². The molecule has 4 rings (SSSR count). The third-order valence-corrected chi connectivity index (χ3v) is 8.72. The van der Waals surface area contributed by atoms with E-state index in [0.717, 1.165) is 24.2 Å². The van der Waals surface area contributed by atoms with Gasteiger partial charge in [-0.15, -0.1) is 0 Å². The van der Waals surface area contributed by atoms with Crippen molar-refractivity contribution in [3.63, 3.8) is 0 Å². The standard InChI is InChI=1S/C23H32N4O5S/c1-16-13-17(2)15-26(14-16)33(31,32)19-7-5-18(6-8-19)24-20(28)9-12-27-21(29)23(25-22(27)30)10-3-4-11-23/h5-8,16-17H,3-4,9-15H2,1-2H3,(H,24,28)(H,25,30)/t16-,17+. The number of sulfonamides is 1. The molecule has 4 amide bonds. The lowest BCUT2D eigenvalue weighted by atomic mass is 9.94. The molecule has 2 saturated heterocycles. The van der Waals surface area contributed by atoms with Crippen LogP contribution in [0.1, 0.15) is 52.4 Å². The summed E-state index contributed by atoms with van der Waals surface area (Å²) >= 11 is 0. The Morgan fingerprint density at radius 2 is 1.70 bits per heavy atom. The van der Waals surface area contributed by atoms with E-state index in [9.17, 15) is 22.8 Å². The number of urea groups is 1. The lowest BCUT2D eigenvalue weighted by Gasteiger charge is -2.34. The van der Waals surface area contributed by atoms with Gasteiger partial charge in [0.05, 0.1) is 4.90 Å². The normalized spacial score (nSPS) is 25.5. The summed E-state index contributed by atoms with van der Waals surface area (Å²) in [5.41, 5.74) is -0.317. The molecule has 0 radical (unpaired) electrons. The Kier molecular flexibility index (Phi) is 6.50. The number of imide groups is 1. The van der Waals surface area contributed by atoms with Crippen molar-refractivity contribution in [1.29, 1.82) is 0 Å². The molecule has 1 saturated carbocycles. The van der Waals surface area contributed by atoms with Crippen LogP contribution in [0.25, 0.3) is 0 Å². The van der Waals surface area contributed by atoms with E-state index in [1.54, 1.807) is 12.1 Å². The van der Waals surface area contributed by atoms with Crippen molar-refractivity contribution in [2.75, 3.05) is 25.0 Å². The highest BCUT2D eigenvalue weighted by molar-refractivity contribution is 7.89. The number of nitrogens with one attached hydrogen (secondary N) is 2. The maximum atomic E-state index is 13.0. The number of carbonyl (C=O) groups is 3. The van der Waals surface area contributed by atoms with Gasteiger partial charge in [-0.25, -0.2) is 13.2 Å².